The van der Waals surface area contributed by atoms with E-state index >= 15 is 0 Å². The molecule has 0 aliphatic heterocycles. The molecule has 2 aromatic rings. The number of para-hydroxylation sites is 1. The van der Waals surface area contributed by atoms with E-state index in [1.54, 1.807) is 0 Å². The first-order valence-corrected chi connectivity index (χ1v) is 4.93. The van der Waals surface area contributed by atoms with Gasteiger partial charge < -0.3 is 5.73 Å². The van der Waals surface area contributed by atoms with E-state index in [1.807, 2.05) is 30.3 Å². The first-order valence-electron chi connectivity index (χ1n) is 4.55. The fourth-order valence-corrected chi connectivity index (χ4v) is 1.52. The first-order chi connectivity index (χ1) is 7.31. The van der Waals surface area contributed by atoms with Gasteiger partial charge in [-0.1, -0.05) is 41.6 Å². The second kappa shape index (κ2) is 4.31. The average molecular weight is 217 g/mol. The summed E-state index contributed by atoms with van der Waals surface area (Å²) in [5, 5.41) is 1.46. The Morgan fingerprint density at radius 3 is 2.93 bits per heavy atom. The number of nitrogens with zero attached hydrogens (tertiary/aromatic N) is 1. The van der Waals surface area contributed by atoms with Gasteiger partial charge >= 0.3 is 0 Å². The van der Waals surface area contributed by atoms with Crippen molar-refractivity contribution in [2.45, 2.75) is 0 Å². The van der Waals surface area contributed by atoms with Crippen LogP contribution < -0.4 is 5.73 Å². The summed E-state index contributed by atoms with van der Waals surface area (Å²) >= 11 is 5.98. The van der Waals surface area contributed by atoms with E-state index in [0.717, 1.165) is 16.5 Å². The molecule has 3 heteroatoms. The first kappa shape index (κ1) is 9.97. The molecule has 1 aromatic carbocycles. The van der Waals surface area contributed by atoms with Crippen LogP contribution in [0.25, 0.3) is 10.9 Å². The topological polar surface area (TPSA) is 38.9 Å². The van der Waals surface area contributed by atoms with Crippen LogP contribution in [0.2, 0.25) is 5.15 Å². The third-order valence-electron chi connectivity index (χ3n) is 2.00. The minimum absolute atomic E-state index is 0.323. The van der Waals surface area contributed by atoms with Crippen LogP contribution in [-0.4, -0.2) is 11.5 Å². The zero-order valence-corrected chi connectivity index (χ0v) is 8.75. The van der Waals surface area contributed by atoms with Gasteiger partial charge in [-0.05, 0) is 12.1 Å². The van der Waals surface area contributed by atoms with E-state index in [4.69, 9.17) is 17.3 Å². The Hall–Kier alpha value is -1.56. The van der Waals surface area contributed by atoms with Crippen LogP contribution in [0.5, 0.6) is 0 Å². The molecular weight excluding hydrogens is 208 g/mol. The summed E-state index contributed by atoms with van der Waals surface area (Å²) in [5.74, 6) is 5.66. The summed E-state index contributed by atoms with van der Waals surface area (Å²) in [7, 11) is 0. The second-order valence-electron chi connectivity index (χ2n) is 3.03. The molecule has 2 rings (SSSR count). The van der Waals surface area contributed by atoms with Gasteiger partial charge in [-0.2, -0.15) is 0 Å². The summed E-state index contributed by atoms with van der Waals surface area (Å²) < 4.78 is 0. The van der Waals surface area contributed by atoms with Gasteiger partial charge in [0.1, 0.15) is 5.15 Å². The lowest BCUT2D eigenvalue weighted by molar-refractivity contribution is 1.30. The van der Waals surface area contributed by atoms with Gasteiger partial charge in [0.2, 0.25) is 0 Å². The van der Waals surface area contributed by atoms with Crippen LogP contribution in [-0.2, 0) is 0 Å². The van der Waals surface area contributed by atoms with Crippen molar-refractivity contribution in [3.63, 3.8) is 0 Å². The van der Waals surface area contributed by atoms with E-state index < -0.39 is 0 Å². The molecule has 0 bridgehead atoms. The Morgan fingerprint density at radius 1 is 1.33 bits per heavy atom. The summed E-state index contributed by atoms with van der Waals surface area (Å²) in [6, 6.07) is 9.70. The van der Waals surface area contributed by atoms with Crippen molar-refractivity contribution in [3.8, 4) is 11.8 Å². The number of fused-ring (bicyclic) bond motifs is 1. The minimum atomic E-state index is 0.323. The third-order valence-corrected chi connectivity index (χ3v) is 2.29. The molecule has 1 aromatic heterocycles. The Bertz CT molecular complexity index is 552. The van der Waals surface area contributed by atoms with E-state index in [2.05, 4.69) is 16.8 Å². The highest BCUT2D eigenvalue weighted by molar-refractivity contribution is 6.31. The lowest BCUT2D eigenvalue weighted by Gasteiger charge is -1.99. The molecule has 0 saturated carbocycles. The number of rotatable bonds is 0. The maximum atomic E-state index is 5.98. The van der Waals surface area contributed by atoms with Crippen molar-refractivity contribution in [2.24, 2.45) is 5.73 Å². The Labute approximate surface area is 93.1 Å². The zero-order valence-electron chi connectivity index (χ0n) is 8.00. The molecular formula is C12H9ClN2. The van der Waals surface area contributed by atoms with Crippen LogP contribution in [0, 0.1) is 11.8 Å². The van der Waals surface area contributed by atoms with Crippen LogP contribution in [0.3, 0.4) is 0 Å². The Kier molecular flexibility index (Phi) is 2.86. The van der Waals surface area contributed by atoms with Gasteiger partial charge in [0.25, 0.3) is 0 Å². The molecule has 0 radical (unpaired) electrons. The Balaban J connectivity index is 2.62. The summed E-state index contributed by atoms with van der Waals surface area (Å²) in [5.41, 5.74) is 6.90. The molecule has 0 spiro atoms. The molecule has 0 saturated heterocycles. The van der Waals surface area contributed by atoms with Crippen molar-refractivity contribution in [3.05, 3.63) is 41.0 Å². The fourth-order valence-electron chi connectivity index (χ4n) is 1.33. The number of pyridine rings is 1. The third kappa shape index (κ3) is 2.10. The Morgan fingerprint density at radius 2 is 2.13 bits per heavy atom. The number of hydrogen-bond acceptors (Lipinski definition) is 2. The molecule has 2 N–H and O–H groups in total. The predicted octanol–water partition coefficient (Wildman–Crippen LogP) is 2.20. The average Bonchev–Trinajstić information content (AvgIpc) is 2.26. The minimum Gasteiger partial charge on any atom is -0.320 e. The number of nitrogens with two attached hydrogens (primary N) is 1. The van der Waals surface area contributed by atoms with Crippen molar-refractivity contribution in [1.29, 1.82) is 0 Å². The molecule has 74 valence electrons. The normalized spacial score (nSPS) is 9.73. The van der Waals surface area contributed by atoms with Crippen molar-refractivity contribution < 1.29 is 0 Å². The van der Waals surface area contributed by atoms with Crippen LogP contribution in [0.4, 0.5) is 0 Å². The number of aromatic nitrogens is 1. The highest BCUT2D eigenvalue weighted by Gasteiger charge is 2.01. The molecule has 0 atom stereocenters. The SMILES string of the molecule is NCC#Cc1cc2ccccc2nc1Cl. The van der Waals surface area contributed by atoms with Gasteiger partial charge in [-0.3, -0.25) is 0 Å². The van der Waals surface area contributed by atoms with E-state index in [9.17, 15) is 0 Å². The van der Waals surface area contributed by atoms with Gasteiger partial charge in [-0.25, -0.2) is 4.98 Å². The quantitative estimate of drug-likeness (QED) is 0.542. The smallest absolute Gasteiger partial charge is 0.145 e. The molecule has 0 amide bonds. The van der Waals surface area contributed by atoms with Gasteiger partial charge in [-0.15, -0.1) is 0 Å². The maximum Gasteiger partial charge on any atom is 0.145 e. The molecule has 0 fully saturated rings. The van der Waals surface area contributed by atoms with Crippen LogP contribution >= 0.6 is 11.6 Å². The largest absolute Gasteiger partial charge is 0.320 e. The van der Waals surface area contributed by atoms with Gasteiger partial charge in [0.05, 0.1) is 17.6 Å². The van der Waals surface area contributed by atoms with Crippen LogP contribution in [0.1, 0.15) is 5.56 Å². The highest BCUT2D eigenvalue weighted by Crippen LogP contribution is 2.19. The lowest BCUT2D eigenvalue weighted by Crippen LogP contribution is -1.93. The standard InChI is InChI=1S/C12H9ClN2/c13-12-10(5-3-7-14)8-9-4-1-2-6-11(9)15-12/h1-2,4,6,8H,7,14H2. The molecule has 0 aliphatic carbocycles. The summed E-state index contributed by atoms with van der Waals surface area (Å²) in [6.45, 7) is 0.323. The number of halogens is 1. The zero-order chi connectivity index (χ0) is 10.7. The highest BCUT2D eigenvalue weighted by atomic mass is 35.5. The molecule has 15 heavy (non-hydrogen) atoms. The predicted molar refractivity (Wildman–Crippen MR) is 62.7 cm³/mol. The van der Waals surface area contributed by atoms with Gasteiger partial charge in [0.15, 0.2) is 0 Å². The molecule has 0 unspecified atom stereocenters. The molecule has 1 heterocycles. The van der Waals surface area contributed by atoms with E-state index in [1.165, 1.54) is 0 Å². The lowest BCUT2D eigenvalue weighted by atomic mass is 10.1. The van der Waals surface area contributed by atoms with Crippen LogP contribution in [0.15, 0.2) is 30.3 Å². The second-order valence-corrected chi connectivity index (χ2v) is 3.38. The van der Waals surface area contributed by atoms with E-state index in [0.29, 0.717) is 11.7 Å². The van der Waals surface area contributed by atoms with Crippen molar-refractivity contribution >= 4 is 22.5 Å². The monoisotopic (exact) mass is 216 g/mol. The molecule has 0 aliphatic rings. The molecule has 2 nitrogen and oxygen atoms in total. The van der Waals surface area contributed by atoms with E-state index in [-0.39, 0.29) is 0 Å². The summed E-state index contributed by atoms with van der Waals surface area (Å²) in [6.07, 6.45) is 0. The van der Waals surface area contributed by atoms with Crippen molar-refractivity contribution in [2.75, 3.05) is 6.54 Å². The number of benzene rings is 1. The number of hydrogen-bond donors (Lipinski definition) is 1. The van der Waals surface area contributed by atoms with Crippen molar-refractivity contribution in [1.82, 2.24) is 4.98 Å². The van der Waals surface area contributed by atoms with Gasteiger partial charge in [0, 0.05) is 5.39 Å². The summed E-state index contributed by atoms with van der Waals surface area (Å²) in [4.78, 5) is 4.25. The maximum absolute atomic E-state index is 5.98. The fraction of sp³-hybridized carbons (Fsp3) is 0.0833.